The summed E-state index contributed by atoms with van der Waals surface area (Å²) in [5.74, 6) is -0.382. The summed E-state index contributed by atoms with van der Waals surface area (Å²) in [6.07, 6.45) is 3.41. The summed E-state index contributed by atoms with van der Waals surface area (Å²) < 4.78 is 0. The maximum atomic E-state index is 12.1. The molecule has 19 heavy (non-hydrogen) atoms. The number of rotatable bonds is 3. The van der Waals surface area contributed by atoms with Crippen LogP contribution in [0.4, 0.5) is 5.69 Å². The highest BCUT2D eigenvalue weighted by Gasteiger charge is 2.24. The number of nitrogens with one attached hydrogen (secondary N) is 1. The van der Waals surface area contributed by atoms with E-state index in [9.17, 15) is 14.9 Å². The Kier molecular flexibility index (Phi) is 4.11. The summed E-state index contributed by atoms with van der Waals surface area (Å²) in [7, 11) is 0. The van der Waals surface area contributed by atoms with Gasteiger partial charge in [-0.1, -0.05) is 12.1 Å². The smallest absolute Gasteiger partial charge is 0.282 e. The Morgan fingerprint density at radius 1 is 1.26 bits per heavy atom. The number of nitro benzene ring substituents is 1. The molecule has 0 atom stereocenters. The minimum absolute atomic E-state index is 0.0621. The number of hydrogen-bond donors (Lipinski definition) is 2. The average molecular weight is 263 g/mol. The average Bonchev–Trinajstić information content (AvgIpc) is 2.41. The van der Waals surface area contributed by atoms with Crippen molar-refractivity contribution in [3.63, 3.8) is 0 Å². The summed E-state index contributed by atoms with van der Waals surface area (Å²) >= 11 is 0. The summed E-state index contributed by atoms with van der Waals surface area (Å²) in [5.41, 5.74) is 5.75. The number of nitro groups is 1. The molecule has 0 aromatic heterocycles. The number of nitrogens with two attached hydrogens (primary N) is 1. The minimum Gasteiger partial charge on any atom is -0.349 e. The summed E-state index contributed by atoms with van der Waals surface area (Å²) in [5, 5.41) is 13.7. The SMILES string of the molecule is N[C@H]1CC[C@@H](NC(=O)c2ccccc2[N+](=O)[O-])CC1. The van der Waals surface area contributed by atoms with Gasteiger partial charge in [-0.25, -0.2) is 0 Å². The molecule has 0 bridgehead atoms. The van der Waals surface area contributed by atoms with Crippen LogP contribution in [0.15, 0.2) is 24.3 Å². The first kappa shape index (κ1) is 13.5. The quantitative estimate of drug-likeness (QED) is 0.639. The van der Waals surface area contributed by atoms with E-state index >= 15 is 0 Å². The second-order valence-electron chi connectivity index (χ2n) is 4.86. The van der Waals surface area contributed by atoms with Gasteiger partial charge in [-0.15, -0.1) is 0 Å². The highest BCUT2D eigenvalue weighted by atomic mass is 16.6. The van der Waals surface area contributed by atoms with Crippen LogP contribution >= 0.6 is 0 Å². The topological polar surface area (TPSA) is 98.3 Å². The van der Waals surface area contributed by atoms with Crippen molar-refractivity contribution >= 4 is 11.6 Å². The highest BCUT2D eigenvalue weighted by Crippen LogP contribution is 2.20. The fraction of sp³-hybridized carbons (Fsp3) is 0.462. The Morgan fingerprint density at radius 2 is 1.89 bits per heavy atom. The van der Waals surface area contributed by atoms with Crippen molar-refractivity contribution in [2.45, 2.75) is 37.8 Å². The Labute approximate surface area is 111 Å². The van der Waals surface area contributed by atoms with E-state index in [1.54, 1.807) is 12.1 Å². The van der Waals surface area contributed by atoms with E-state index in [2.05, 4.69) is 5.32 Å². The normalized spacial score (nSPS) is 22.8. The first-order valence-electron chi connectivity index (χ1n) is 6.38. The van der Waals surface area contributed by atoms with Crippen LogP contribution in [0.3, 0.4) is 0 Å². The van der Waals surface area contributed by atoms with Crippen molar-refractivity contribution < 1.29 is 9.72 Å². The molecule has 0 heterocycles. The molecule has 1 aromatic rings. The zero-order valence-electron chi connectivity index (χ0n) is 10.5. The van der Waals surface area contributed by atoms with Gasteiger partial charge >= 0.3 is 0 Å². The van der Waals surface area contributed by atoms with Gasteiger partial charge in [-0.2, -0.15) is 0 Å². The lowest BCUT2D eigenvalue weighted by Crippen LogP contribution is -2.40. The van der Waals surface area contributed by atoms with Crippen LogP contribution in [0.25, 0.3) is 0 Å². The zero-order valence-corrected chi connectivity index (χ0v) is 10.5. The largest absolute Gasteiger partial charge is 0.349 e. The third kappa shape index (κ3) is 3.29. The Hall–Kier alpha value is -1.95. The van der Waals surface area contributed by atoms with Gasteiger partial charge in [0, 0.05) is 18.2 Å². The standard InChI is InChI=1S/C13H17N3O3/c14-9-5-7-10(8-6-9)15-13(17)11-3-1-2-4-12(11)16(18)19/h1-4,9-10H,5-8,14H2,(H,15,17)/t9-,10+. The molecule has 6 heteroatoms. The fourth-order valence-corrected chi connectivity index (χ4v) is 2.35. The van der Waals surface area contributed by atoms with Crippen molar-refractivity contribution in [2.24, 2.45) is 5.73 Å². The number of carbonyl (C=O) groups is 1. The lowest BCUT2D eigenvalue weighted by atomic mass is 9.91. The van der Waals surface area contributed by atoms with Gasteiger partial charge in [0.1, 0.15) is 5.56 Å². The van der Waals surface area contributed by atoms with Crippen LogP contribution in [0.5, 0.6) is 0 Å². The van der Waals surface area contributed by atoms with E-state index in [1.807, 2.05) is 0 Å². The molecule has 1 aromatic carbocycles. The molecule has 102 valence electrons. The molecule has 0 radical (unpaired) electrons. The lowest BCUT2D eigenvalue weighted by molar-refractivity contribution is -0.385. The monoisotopic (exact) mass is 263 g/mol. The van der Waals surface area contributed by atoms with Crippen LogP contribution in [0.2, 0.25) is 0 Å². The minimum atomic E-state index is -0.536. The van der Waals surface area contributed by atoms with Gasteiger partial charge in [0.2, 0.25) is 0 Å². The Morgan fingerprint density at radius 3 is 2.53 bits per heavy atom. The summed E-state index contributed by atoms with van der Waals surface area (Å²) in [6, 6.07) is 6.26. The molecule has 6 nitrogen and oxygen atoms in total. The van der Waals surface area contributed by atoms with E-state index in [4.69, 9.17) is 5.73 Å². The van der Waals surface area contributed by atoms with Crippen molar-refractivity contribution in [1.82, 2.24) is 5.32 Å². The van der Waals surface area contributed by atoms with Gasteiger partial charge in [-0.05, 0) is 31.7 Å². The fourth-order valence-electron chi connectivity index (χ4n) is 2.35. The van der Waals surface area contributed by atoms with Crippen LogP contribution in [0.1, 0.15) is 36.0 Å². The molecule has 0 unspecified atom stereocenters. The predicted octanol–water partition coefficient (Wildman–Crippen LogP) is 1.59. The molecule has 0 saturated heterocycles. The summed E-state index contributed by atoms with van der Waals surface area (Å²) in [6.45, 7) is 0. The molecule has 3 N–H and O–H groups in total. The third-order valence-corrected chi connectivity index (χ3v) is 3.45. The van der Waals surface area contributed by atoms with Crippen LogP contribution in [-0.4, -0.2) is 22.9 Å². The van der Waals surface area contributed by atoms with E-state index in [1.165, 1.54) is 12.1 Å². The number of carbonyl (C=O) groups excluding carboxylic acids is 1. The molecule has 1 aliphatic carbocycles. The van der Waals surface area contributed by atoms with Crippen LogP contribution in [0, 0.1) is 10.1 Å². The third-order valence-electron chi connectivity index (χ3n) is 3.45. The Bertz CT molecular complexity index is 482. The van der Waals surface area contributed by atoms with Gasteiger partial charge in [0.05, 0.1) is 4.92 Å². The Balaban J connectivity index is 2.06. The van der Waals surface area contributed by atoms with E-state index in [-0.39, 0.29) is 29.2 Å². The molecule has 1 saturated carbocycles. The van der Waals surface area contributed by atoms with Crippen LogP contribution < -0.4 is 11.1 Å². The molecule has 0 spiro atoms. The van der Waals surface area contributed by atoms with Crippen molar-refractivity contribution in [3.8, 4) is 0 Å². The van der Waals surface area contributed by atoms with E-state index in [0.717, 1.165) is 25.7 Å². The number of nitrogens with zero attached hydrogens (tertiary/aromatic N) is 1. The van der Waals surface area contributed by atoms with Gasteiger partial charge in [0.15, 0.2) is 0 Å². The molecule has 1 fully saturated rings. The first-order chi connectivity index (χ1) is 9.08. The second kappa shape index (κ2) is 5.79. The maximum Gasteiger partial charge on any atom is 0.282 e. The number of amides is 1. The highest BCUT2D eigenvalue weighted by molar-refractivity contribution is 5.98. The number of benzene rings is 1. The van der Waals surface area contributed by atoms with Gasteiger partial charge in [0.25, 0.3) is 11.6 Å². The van der Waals surface area contributed by atoms with Gasteiger partial charge in [-0.3, -0.25) is 14.9 Å². The molecular formula is C13H17N3O3. The zero-order chi connectivity index (χ0) is 13.8. The van der Waals surface area contributed by atoms with Crippen molar-refractivity contribution in [3.05, 3.63) is 39.9 Å². The van der Waals surface area contributed by atoms with Crippen LogP contribution in [-0.2, 0) is 0 Å². The summed E-state index contributed by atoms with van der Waals surface area (Å²) in [4.78, 5) is 22.4. The number of para-hydroxylation sites is 1. The lowest BCUT2D eigenvalue weighted by Gasteiger charge is -2.26. The first-order valence-corrected chi connectivity index (χ1v) is 6.38. The van der Waals surface area contributed by atoms with E-state index < -0.39 is 4.92 Å². The second-order valence-corrected chi connectivity index (χ2v) is 4.86. The maximum absolute atomic E-state index is 12.1. The number of hydrogen-bond acceptors (Lipinski definition) is 4. The molecule has 1 amide bonds. The predicted molar refractivity (Wildman–Crippen MR) is 70.8 cm³/mol. The van der Waals surface area contributed by atoms with Gasteiger partial charge < -0.3 is 11.1 Å². The van der Waals surface area contributed by atoms with Crippen molar-refractivity contribution in [1.29, 1.82) is 0 Å². The molecule has 2 rings (SSSR count). The molecule has 0 aliphatic heterocycles. The van der Waals surface area contributed by atoms with Crippen molar-refractivity contribution in [2.75, 3.05) is 0 Å². The molecular weight excluding hydrogens is 246 g/mol. The molecule has 1 aliphatic rings. The van der Waals surface area contributed by atoms with E-state index in [0.29, 0.717) is 0 Å².